The number of hydrogen-bond donors (Lipinski definition) is 3. The first-order valence-electron chi connectivity index (χ1n) is 7.21. The van der Waals surface area contributed by atoms with Crippen molar-refractivity contribution in [1.29, 1.82) is 0 Å². The molecule has 9 heteroatoms. The summed E-state index contributed by atoms with van der Waals surface area (Å²) in [6.45, 7) is -1.56. The van der Waals surface area contributed by atoms with Gasteiger partial charge in [-0.05, 0) is 12.1 Å². The van der Waals surface area contributed by atoms with Crippen molar-refractivity contribution in [1.82, 2.24) is 9.13 Å². The Balaban J connectivity index is 2.35. The van der Waals surface area contributed by atoms with E-state index in [1.165, 1.54) is 12.1 Å². The standard InChI is InChI=1S/C15H14N2O7/c18-2-1-16-12(21)8-3-10-11(4-9(8)13(16)22)15(24)17(14(10)23)5-7(20)6-19/h3-4,7,18-20H,1-2,5-6H2. The van der Waals surface area contributed by atoms with Crippen LogP contribution in [-0.4, -0.2) is 43.8 Å². The predicted molar refractivity (Wildman–Crippen MR) is 85.1 cm³/mol. The van der Waals surface area contributed by atoms with Crippen molar-refractivity contribution in [2.75, 3.05) is 13.2 Å². The van der Waals surface area contributed by atoms with E-state index in [2.05, 4.69) is 0 Å². The minimum Gasteiger partial charge on any atom is -0.395 e. The maximum Gasteiger partial charge on any atom is 0.261 e. The van der Waals surface area contributed by atoms with Crippen LogP contribution in [0, 0.1) is 0 Å². The highest BCUT2D eigenvalue weighted by atomic mass is 16.3. The molecule has 0 aliphatic heterocycles. The fraction of sp³-hybridized carbons (Fsp3) is 0.333. The third-order valence-electron chi connectivity index (χ3n) is 3.99. The van der Waals surface area contributed by atoms with Gasteiger partial charge in [-0.15, -0.1) is 0 Å². The van der Waals surface area contributed by atoms with Gasteiger partial charge < -0.3 is 15.3 Å². The average Bonchev–Trinajstić information content (AvgIpc) is 2.94. The van der Waals surface area contributed by atoms with E-state index in [1.54, 1.807) is 0 Å². The maximum absolute atomic E-state index is 12.3. The second kappa shape index (κ2) is 5.78. The molecule has 0 aliphatic rings. The largest absolute Gasteiger partial charge is 0.395 e. The van der Waals surface area contributed by atoms with Crippen molar-refractivity contribution in [3.63, 3.8) is 0 Å². The Bertz CT molecular complexity index is 1050. The van der Waals surface area contributed by atoms with Crippen molar-refractivity contribution in [2.45, 2.75) is 19.2 Å². The molecule has 3 aromatic rings. The van der Waals surface area contributed by atoms with Gasteiger partial charge in [-0.3, -0.25) is 28.3 Å². The maximum atomic E-state index is 12.3. The second-order valence-corrected chi connectivity index (χ2v) is 5.49. The first-order chi connectivity index (χ1) is 11.4. The summed E-state index contributed by atoms with van der Waals surface area (Å²) in [4.78, 5) is 49.0. The Morgan fingerprint density at radius 2 is 1.21 bits per heavy atom. The van der Waals surface area contributed by atoms with Gasteiger partial charge in [-0.25, -0.2) is 0 Å². The zero-order valence-corrected chi connectivity index (χ0v) is 12.4. The highest BCUT2D eigenvalue weighted by Gasteiger charge is 2.20. The van der Waals surface area contributed by atoms with Crippen molar-refractivity contribution >= 4 is 21.5 Å². The van der Waals surface area contributed by atoms with Crippen LogP contribution in [0.15, 0.2) is 31.3 Å². The van der Waals surface area contributed by atoms with Gasteiger partial charge in [0.15, 0.2) is 0 Å². The van der Waals surface area contributed by atoms with Crippen LogP contribution >= 0.6 is 0 Å². The zero-order chi connectivity index (χ0) is 17.6. The first kappa shape index (κ1) is 16.2. The van der Waals surface area contributed by atoms with E-state index in [0.717, 1.165) is 9.13 Å². The summed E-state index contributed by atoms with van der Waals surface area (Å²) in [5.41, 5.74) is -2.68. The molecule has 0 saturated carbocycles. The lowest BCUT2D eigenvalue weighted by Crippen LogP contribution is -2.32. The summed E-state index contributed by atoms with van der Waals surface area (Å²) in [7, 11) is 0. The van der Waals surface area contributed by atoms with Gasteiger partial charge in [0.05, 0.1) is 54.0 Å². The highest BCUT2D eigenvalue weighted by Crippen LogP contribution is 2.14. The van der Waals surface area contributed by atoms with Crippen molar-refractivity contribution < 1.29 is 15.3 Å². The van der Waals surface area contributed by atoms with Crippen LogP contribution in [-0.2, 0) is 13.1 Å². The molecule has 3 N–H and O–H groups in total. The summed E-state index contributed by atoms with van der Waals surface area (Å²) in [5.74, 6) is 0. The van der Waals surface area contributed by atoms with E-state index in [9.17, 15) is 24.3 Å². The third kappa shape index (κ3) is 2.21. The lowest BCUT2D eigenvalue weighted by molar-refractivity contribution is 0.0800. The lowest BCUT2D eigenvalue weighted by Gasteiger charge is -2.05. The van der Waals surface area contributed by atoms with E-state index in [4.69, 9.17) is 10.2 Å². The van der Waals surface area contributed by atoms with E-state index < -0.39 is 41.6 Å². The van der Waals surface area contributed by atoms with Crippen molar-refractivity contribution in [3.8, 4) is 0 Å². The summed E-state index contributed by atoms with van der Waals surface area (Å²) >= 11 is 0. The van der Waals surface area contributed by atoms with Gasteiger partial charge in [-0.1, -0.05) is 0 Å². The van der Waals surface area contributed by atoms with Crippen LogP contribution in [0.1, 0.15) is 0 Å². The van der Waals surface area contributed by atoms with Crippen LogP contribution in [0.5, 0.6) is 0 Å². The van der Waals surface area contributed by atoms with Crippen LogP contribution in [0.25, 0.3) is 21.5 Å². The molecule has 1 unspecified atom stereocenters. The van der Waals surface area contributed by atoms with Gasteiger partial charge >= 0.3 is 0 Å². The fourth-order valence-electron chi connectivity index (χ4n) is 2.81. The number of aliphatic hydroxyl groups is 3. The molecule has 0 spiro atoms. The number of hydrogen-bond acceptors (Lipinski definition) is 7. The van der Waals surface area contributed by atoms with Gasteiger partial charge in [0.2, 0.25) is 0 Å². The van der Waals surface area contributed by atoms with Crippen LogP contribution in [0.2, 0.25) is 0 Å². The molecule has 0 bridgehead atoms. The molecule has 0 amide bonds. The number of aromatic nitrogens is 2. The van der Waals surface area contributed by atoms with Crippen LogP contribution < -0.4 is 22.2 Å². The number of nitrogens with zero attached hydrogens (tertiary/aromatic N) is 2. The zero-order valence-electron chi connectivity index (χ0n) is 12.4. The average molecular weight is 334 g/mol. The van der Waals surface area contributed by atoms with Gasteiger partial charge in [0, 0.05) is 0 Å². The number of benzene rings is 1. The molecule has 0 radical (unpaired) electrons. The third-order valence-corrected chi connectivity index (χ3v) is 3.99. The molecule has 1 atom stereocenters. The number of fused-ring (bicyclic) bond motifs is 2. The number of rotatable bonds is 5. The minimum atomic E-state index is -1.28. The van der Waals surface area contributed by atoms with Crippen molar-refractivity contribution in [2.24, 2.45) is 0 Å². The monoisotopic (exact) mass is 334 g/mol. The summed E-state index contributed by atoms with van der Waals surface area (Å²) in [6, 6.07) is 2.38. The predicted octanol–water partition coefficient (Wildman–Crippen LogP) is -2.74. The second-order valence-electron chi connectivity index (χ2n) is 5.49. The smallest absolute Gasteiger partial charge is 0.261 e. The first-order valence-corrected chi connectivity index (χ1v) is 7.21. The van der Waals surface area contributed by atoms with E-state index >= 15 is 0 Å². The molecule has 0 fully saturated rings. The van der Waals surface area contributed by atoms with Crippen LogP contribution in [0.3, 0.4) is 0 Å². The van der Waals surface area contributed by atoms with Crippen LogP contribution in [0.4, 0.5) is 0 Å². The van der Waals surface area contributed by atoms with Gasteiger partial charge in [0.1, 0.15) is 0 Å². The van der Waals surface area contributed by atoms with Crippen molar-refractivity contribution in [3.05, 3.63) is 53.5 Å². The SMILES string of the molecule is O=c1c2cc3c(=O)n(CC(O)CO)c(=O)c3cc2c(=O)n1CCO. The molecule has 0 aliphatic carbocycles. The van der Waals surface area contributed by atoms with E-state index in [1.807, 2.05) is 0 Å². The molecule has 2 heterocycles. The Hall–Kier alpha value is -2.62. The molecule has 3 rings (SSSR count). The molecule has 126 valence electrons. The minimum absolute atomic E-state index is 0.00194. The molecule has 1 aromatic carbocycles. The Kier molecular flexibility index (Phi) is 3.91. The quantitative estimate of drug-likeness (QED) is 0.460. The summed E-state index contributed by atoms with van der Waals surface area (Å²) in [5, 5.41) is 27.2. The molecule has 9 nitrogen and oxygen atoms in total. The number of aliphatic hydroxyl groups excluding tert-OH is 3. The Morgan fingerprint density at radius 1 is 0.792 bits per heavy atom. The lowest BCUT2D eigenvalue weighted by atomic mass is 10.1. The van der Waals surface area contributed by atoms with E-state index in [-0.39, 0.29) is 34.6 Å². The summed E-state index contributed by atoms with van der Waals surface area (Å²) in [6.07, 6.45) is -1.28. The van der Waals surface area contributed by atoms with Gasteiger partial charge in [-0.2, -0.15) is 0 Å². The molecule has 0 saturated heterocycles. The topological polar surface area (TPSA) is 139 Å². The molecule has 2 aromatic heterocycles. The molecule has 24 heavy (non-hydrogen) atoms. The highest BCUT2D eigenvalue weighted by molar-refractivity contribution is 5.97. The molecular formula is C15H14N2O7. The Morgan fingerprint density at radius 3 is 1.58 bits per heavy atom. The summed E-state index contributed by atoms with van der Waals surface area (Å²) < 4.78 is 1.61. The van der Waals surface area contributed by atoms with E-state index in [0.29, 0.717) is 0 Å². The Labute approximate surface area is 132 Å². The normalized spacial score (nSPS) is 13.1. The fourth-order valence-corrected chi connectivity index (χ4v) is 2.81. The van der Waals surface area contributed by atoms with Gasteiger partial charge in [0.25, 0.3) is 22.2 Å². The molecular weight excluding hydrogens is 320 g/mol.